The number of oxime groups is 1. The van der Waals surface area contributed by atoms with Crippen LogP contribution in [0.25, 0.3) is 0 Å². The van der Waals surface area contributed by atoms with Crippen LogP contribution in [0.3, 0.4) is 0 Å². The number of para-hydroxylation sites is 1. The topological polar surface area (TPSA) is 60.3 Å². The minimum Gasteiger partial charge on any atom is -0.489 e. The van der Waals surface area contributed by atoms with Crippen molar-refractivity contribution in [1.29, 1.82) is 0 Å². The van der Waals surface area contributed by atoms with Gasteiger partial charge in [0.1, 0.15) is 25.2 Å². The van der Waals surface area contributed by atoms with E-state index < -0.39 is 6.29 Å². The van der Waals surface area contributed by atoms with Crippen molar-refractivity contribution in [2.75, 3.05) is 14.2 Å². The molecule has 0 aliphatic heterocycles. The molecule has 0 radical (unpaired) electrons. The third-order valence-corrected chi connectivity index (χ3v) is 3.42. The van der Waals surface area contributed by atoms with Crippen molar-refractivity contribution in [3.63, 3.8) is 0 Å². The lowest BCUT2D eigenvalue weighted by Gasteiger charge is -2.16. The molecule has 0 amide bonds. The number of aliphatic hydroxyl groups excluding tert-OH is 1. The first kappa shape index (κ1) is 17.0. The standard InChI is InChI=1S/C18H21NO4/c1-13-8-4-7-11-16(13)23-12-14-9-5-6-10-15(14)17(19-22-3)18(20)21-2/h4-11,18,20H,12H2,1-3H3/b19-17+. The molecule has 5 nitrogen and oxygen atoms in total. The van der Waals surface area contributed by atoms with Gasteiger partial charge in [-0.2, -0.15) is 0 Å². The molecule has 0 spiro atoms. The van der Waals surface area contributed by atoms with Gasteiger partial charge in [0.25, 0.3) is 0 Å². The molecule has 2 aromatic carbocycles. The molecule has 0 saturated carbocycles. The van der Waals surface area contributed by atoms with Gasteiger partial charge in [-0.25, -0.2) is 0 Å². The number of nitrogens with zero attached hydrogens (tertiary/aromatic N) is 1. The van der Waals surface area contributed by atoms with E-state index >= 15 is 0 Å². The highest BCUT2D eigenvalue weighted by Gasteiger charge is 2.18. The predicted molar refractivity (Wildman–Crippen MR) is 88.5 cm³/mol. The summed E-state index contributed by atoms with van der Waals surface area (Å²) in [5, 5.41) is 13.9. The number of methoxy groups -OCH3 is 1. The third-order valence-electron chi connectivity index (χ3n) is 3.42. The lowest BCUT2D eigenvalue weighted by atomic mass is 10.0. The SMILES string of the molecule is CO/N=C(\c1ccccc1COc1ccccc1C)C(O)OC. The van der Waals surface area contributed by atoms with E-state index in [0.717, 1.165) is 22.4 Å². The lowest BCUT2D eigenvalue weighted by molar-refractivity contribution is -0.0220. The largest absolute Gasteiger partial charge is 0.489 e. The van der Waals surface area contributed by atoms with Gasteiger partial charge in [0.15, 0.2) is 0 Å². The van der Waals surface area contributed by atoms with E-state index in [1.807, 2.05) is 55.5 Å². The molecule has 2 rings (SSSR count). The van der Waals surface area contributed by atoms with Crippen LogP contribution in [0.1, 0.15) is 16.7 Å². The maximum Gasteiger partial charge on any atom is 0.202 e. The van der Waals surface area contributed by atoms with Crippen molar-refractivity contribution in [2.45, 2.75) is 19.8 Å². The van der Waals surface area contributed by atoms with Crippen molar-refractivity contribution in [3.05, 3.63) is 65.2 Å². The monoisotopic (exact) mass is 315 g/mol. The van der Waals surface area contributed by atoms with Crippen LogP contribution in [0.15, 0.2) is 53.7 Å². The quantitative estimate of drug-likeness (QED) is 0.485. The number of hydrogen-bond donors (Lipinski definition) is 1. The molecule has 0 aliphatic carbocycles. The van der Waals surface area contributed by atoms with Crippen LogP contribution >= 0.6 is 0 Å². The molecule has 2 aromatic rings. The summed E-state index contributed by atoms with van der Waals surface area (Å²) in [6.07, 6.45) is -1.17. The van der Waals surface area contributed by atoms with Crippen molar-refractivity contribution >= 4 is 5.71 Å². The molecule has 0 bridgehead atoms. The Bertz CT molecular complexity index is 670. The molecular formula is C18H21NO4. The van der Waals surface area contributed by atoms with Crippen LogP contribution in [-0.4, -0.2) is 31.3 Å². The van der Waals surface area contributed by atoms with Crippen LogP contribution in [0.4, 0.5) is 0 Å². The smallest absolute Gasteiger partial charge is 0.202 e. The highest BCUT2D eigenvalue weighted by atomic mass is 16.6. The first-order valence-corrected chi connectivity index (χ1v) is 7.26. The minimum absolute atomic E-state index is 0.305. The first-order chi connectivity index (χ1) is 11.2. The molecular weight excluding hydrogens is 294 g/mol. The minimum atomic E-state index is -1.17. The Morgan fingerprint density at radius 3 is 2.48 bits per heavy atom. The summed E-state index contributed by atoms with van der Waals surface area (Å²) in [6, 6.07) is 15.3. The van der Waals surface area contributed by atoms with Gasteiger partial charge in [-0.05, 0) is 24.1 Å². The maximum absolute atomic E-state index is 9.98. The van der Waals surface area contributed by atoms with Gasteiger partial charge in [-0.3, -0.25) is 0 Å². The summed E-state index contributed by atoms with van der Waals surface area (Å²) in [7, 11) is 2.83. The van der Waals surface area contributed by atoms with E-state index in [-0.39, 0.29) is 0 Å². The maximum atomic E-state index is 9.98. The summed E-state index contributed by atoms with van der Waals surface area (Å²) in [5.41, 5.74) is 2.96. The number of benzene rings is 2. The Morgan fingerprint density at radius 2 is 1.78 bits per heavy atom. The van der Waals surface area contributed by atoms with Crippen LogP contribution in [0.5, 0.6) is 5.75 Å². The van der Waals surface area contributed by atoms with Crippen molar-refractivity contribution in [2.24, 2.45) is 5.16 Å². The zero-order valence-corrected chi connectivity index (χ0v) is 13.5. The summed E-state index contributed by atoms with van der Waals surface area (Å²) in [5.74, 6) is 0.819. The molecule has 0 aliphatic rings. The molecule has 23 heavy (non-hydrogen) atoms. The molecule has 0 fully saturated rings. The molecule has 122 valence electrons. The summed E-state index contributed by atoms with van der Waals surface area (Å²) < 4.78 is 10.8. The van der Waals surface area contributed by atoms with E-state index in [1.54, 1.807) is 0 Å². The Hall–Kier alpha value is -2.37. The van der Waals surface area contributed by atoms with Gasteiger partial charge >= 0.3 is 0 Å². The van der Waals surface area contributed by atoms with Crippen LogP contribution in [0, 0.1) is 6.92 Å². The molecule has 5 heteroatoms. The summed E-state index contributed by atoms with van der Waals surface area (Å²) in [6.45, 7) is 2.34. The normalized spacial score (nSPS) is 12.8. The fraction of sp³-hybridized carbons (Fsp3) is 0.278. The van der Waals surface area contributed by atoms with Gasteiger partial charge in [-0.1, -0.05) is 47.6 Å². The molecule has 1 atom stereocenters. The average Bonchev–Trinajstić information content (AvgIpc) is 2.59. The number of ether oxygens (including phenoxy) is 2. The van der Waals surface area contributed by atoms with E-state index in [9.17, 15) is 5.11 Å². The highest BCUT2D eigenvalue weighted by Crippen LogP contribution is 2.20. The van der Waals surface area contributed by atoms with Crippen molar-refractivity contribution < 1.29 is 19.4 Å². The van der Waals surface area contributed by atoms with Gasteiger partial charge in [0, 0.05) is 12.7 Å². The Kier molecular flexibility index (Phi) is 6.14. The van der Waals surface area contributed by atoms with Gasteiger partial charge < -0.3 is 19.4 Å². The third kappa shape index (κ3) is 4.31. The van der Waals surface area contributed by atoms with E-state index in [4.69, 9.17) is 14.3 Å². The summed E-state index contributed by atoms with van der Waals surface area (Å²) in [4.78, 5) is 4.83. The van der Waals surface area contributed by atoms with E-state index in [1.165, 1.54) is 14.2 Å². The fourth-order valence-electron chi connectivity index (χ4n) is 2.21. The van der Waals surface area contributed by atoms with Gasteiger partial charge in [0.05, 0.1) is 0 Å². The Balaban J connectivity index is 2.26. The molecule has 0 aromatic heterocycles. The van der Waals surface area contributed by atoms with Crippen LogP contribution in [0.2, 0.25) is 0 Å². The molecule has 0 heterocycles. The fourth-order valence-corrected chi connectivity index (χ4v) is 2.21. The van der Waals surface area contributed by atoms with E-state index in [0.29, 0.717) is 12.3 Å². The van der Waals surface area contributed by atoms with Gasteiger partial charge in [0.2, 0.25) is 6.29 Å². The number of aryl methyl sites for hydroxylation is 1. The van der Waals surface area contributed by atoms with Gasteiger partial charge in [-0.15, -0.1) is 0 Å². The first-order valence-electron chi connectivity index (χ1n) is 7.26. The van der Waals surface area contributed by atoms with Crippen LogP contribution < -0.4 is 4.74 Å². The lowest BCUT2D eigenvalue weighted by Crippen LogP contribution is -2.25. The highest BCUT2D eigenvalue weighted by molar-refractivity contribution is 6.03. The average molecular weight is 315 g/mol. The van der Waals surface area contributed by atoms with Crippen molar-refractivity contribution in [1.82, 2.24) is 0 Å². The van der Waals surface area contributed by atoms with Crippen LogP contribution in [-0.2, 0) is 16.2 Å². The van der Waals surface area contributed by atoms with E-state index in [2.05, 4.69) is 5.16 Å². The zero-order valence-electron chi connectivity index (χ0n) is 13.5. The molecule has 0 saturated heterocycles. The Morgan fingerprint density at radius 1 is 1.09 bits per heavy atom. The second-order valence-corrected chi connectivity index (χ2v) is 4.96. The number of rotatable bonds is 7. The van der Waals surface area contributed by atoms with Crippen molar-refractivity contribution in [3.8, 4) is 5.75 Å². The Labute approximate surface area is 136 Å². The second kappa shape index (κ2) is 8.31. The number of hydrogen-bond acceptors (Lipinski definition) is 5. The second-order valence-electron chi connectivity index (χ2n) is 4.96. The summed E-state index contributed by atoms with van der Waals surface area (Å²) >= 11 is 0. The predicted octanol–water partition coefficient (Wildman–Crippen LogP) is 2.89. The zero-order chi connectivity index (χ0) is 16.7. The molecule has 1 N–H and O–H groups in total. The number of aliphatic hydroxyl groups is 1. The molecule has 1 unspecified atom stereocenters.